The number of carbonyl (C=O) groups is 3. The predicted molar refractivity (Wildman–Crippen MR) is 143 cm³/mol. The molecule has 2 fully saturated rings. The highest BCUT2D eigenvalue weighted by atomic mass is 19.3. The number of nitrogens with zero attached hydrogens (tertiary/aromatic N) is 2. The number of nitriles is 1. The van der Waals surface area contributed by atoms with Gasteiger partial charge in [-0.2, -0.15) is 14.0 Å². The number of benzene rings is 2. The number of nitrogens with one attached hydrogen (secondary N) is 3. The molecule has 1 unspecified atom stereocenters. The number of halogens is 2. The molecule has 2 aliphatic heterocycles. The number of aliphatic hydroxyl groups is 1. The lowest BCUT2D eigenvalue weighted by Crippen LogP contribution is -2.52. The molecular weight excluding hydrogens is 536 g/mol. The second kappa shape index (κ2) is 11.9. The lowest BCUT2D eigenvalue weighted by atomic mass is 9.94. The van der Waals surface area contributed by atoms with Gasteiger partial charge in [-0.15, -0.1) is 0 Å². The summed E-state index contributed by atoms with van der Waals surface area (Å²) >= 11 is 0. The van der Waals surface area contributed by atoms with Crippen LogP contribution in [0, 0.1) is 17.2 Å². The number of carbonyl (C=O) groups excluding carboxylic acids is 3. The number of hydrogen-bond donors (Lipinski definition) is 4. The summed E-state index contributed by atoms with van der Waals surface area (Å²) in [4.78, 5) is 43.9. The second-order valence-corrected chi connectivity index (χ2v) is 10.3. The average Bonchev–Trinajstić information content (AvgIpc) is 3.71. The van der Waals surface area contributed by atoms with Gasteiger partial charge in [-0.3, -0.25) is 14.4 Å². The van der Waals surface area contributed by atoms with Gasteiger partial charge in [0.1, 0.15) is 17.5 Å². The zero-order valence-electron chi connectivity index (χ0n) is 21.9. The van der Waals surface area contributed by atoms with E-state index in [9.17, 15) is 33.5 Å². The first-order chi connectivity index (χ1) is 19.7. The van der Waals surface area contributed by atoms with E-state index in [-0.39, 0.29) is 42.7 Å². The van der Waals surface area contributed by atoms with Gasteiger partial charge in [0.05, 0.1) is 12.1 Å². The van der Waals surface area contributed by atoms with Crippen molar-refractivity contribution in [2.75, 3.05) is 13.1 Å². The van der Waals surface area contributed by atoms with E-state index in [0.29, 0.717) is 23.9 Å². The van der Waals surface area contributed by atoms with Gasteiger partial charge in [0.2, 0.25) is 11.8 Å². The summed E-state index contributed by atoms with van der Waals surface area (Å²) in [6, 6.07) is 15.1. The standard InChI is InChI=1S/C29H29F2N5O5/c30-29(31)41-25-8-4-7-20-19(25)13-22(34-20)28(40)36-15-18(16-5-2-1-3-6-16)12-23(36)27(39)35-21(24(37)14-32)11-17-9-10-33-26(17)38/h1-8,13,17-18,21,23-24,29,34,37H,9-12,15H2,(H,33,38)(H,35,39)/t17-,18+,21-,23-,24?/m0/s1. The normalized spacial score (nSPS) is 21.9. The molecule has 0 radical (unpaired) electrons. The molecule has 10 nitrogen and oxygen atoms in total. The first kappa shape index (κ1) is 28.0. The van der Waals surface area contributed by atoms with Gasteiger partial charge < -0.3 is 30.4 Å². The van der Waals surface area contributed by atoms with Gasteiger partial charge in [0.25, 0.3) is 5.91 Å². The molecule has 0 aliphatic carbocycles. The van der Waals surface area contributed by atoms with Crippen LogP contribution in [0.1, 0.15) is 41.2 Å². The summed E-state index contributed by atoms with van der Waals surface area (Å²) in [6.45, 7) is -2.36. The Morgan fingerprint density at radius 2 is 1.98 bits per heavy atom. The Morgan fingerprint density at radius 3 is 2.66 bits per heavy atom. The van der Waals surface area contributed by atoms with Crippen LogP contribution in [-0.2, 0) is 9.59 Å². The Labute approximate surface area is 234 Å². The van der Waals surface area contributed by atoms with Crippen molar-refractivity contribution in [1.82, 2.24) is 20.5 Å². The van der Waals surface area contributed by atoms with Crippen molar-refractivity contribution in [2.24, 2.45) is 5.92 Å². The molecule has 0 spiro atoms. The lowest BCUT2D eigenvalue weighted by molar-refractivity contribution is -0.127. The summed E-state index contributed by atoms with van der Waals surface area (Å²) in [7, 11) is 0. The second-order valence-electron chi connectivity index (χ2n) is 10.3. The topological polar surface area (TPSA) is 148 Å². The van der Waals surface area contributed by atoms with Gasteiger partial charge >= 0.3 is 6.61 Å². The molecule has 5 atom stereocenters. The Bertz CT molecular complexity index is 1470. The fourth-order valence-electron chi connectivity index (χ4n) is 5.68. The molecule has 0 saturated carbocycles. The van der Waals surface area contributed by atoms with Crippen LogP contribution in [0.25, 0.3) is 10.9 Å². The molecule has 41 heavy (non-hydrogen) atoms. The molecule has 3 aromatic rings. The first-order valence-electron chi connectivity index (χ1n) is 13.3. The van der Waals surface area contributed by atoms with E-state index in [4.69, 9.17) is 0 Å². The van der Waals surface area contributed by atoms with E-state index < -0.39 is 42.5 Å². The van der Waals surface area contributed by atoms with Gasteiger partial charge in [0, 0.05) is 35.8 Å². The molecule has 2 aliphatic rings. The highest BCUT2D eigenvalue weighted by Crippen LogP contribution is 2.34. The van der Waals surface area contributed by atoms with Crippen LogP contribution < -0.4 is 15.4 Å². The summed E-state index contributed by atoms with van der Waals surface area (Å²) in [5.74, 6) is -2.02. The summed E-state index contributed by atoms with van der Waals surface area (Å²) < 4.78 is 30.5. The van der Waals surface area contributed by atoms with Crippen molar-refractivity contribution in [3.05, 3.63) is 65.9 Å². The van der Waals surface area contributed by atoms with Crippen molar-refractivity contribution in [3.63, 3.8) is 0 Å². The molecule has 5 rings (SSSR count). The number of fused-ring (bicyclic) bond motifs is 1. The van der Waals surface area contributed by atoms with E-state index in [1.807, 2.05) is 30.3 Å². The number of aromatic amines is 1. The number of amides is 3. The first-order valence-corrected chi connectivity index (χ1v) is 13.3. The van der Waals surface area contributed by atoms with Gasteiger partial charge in [0.15, 0.2) is 6.10 Å². The number of likely N-dealkylation sites (tertiary alicyclic amines) is 1. The van der Waals surface area contributed by atoms with Crippen molar-refractivity contribution < 1.29 is 33.0 Å². The lowest BCUT2D eigenvalue weighted by Gasteiger charge is -2.27. The molecule has 3 heterocycles. The quantitative estimate of drug-likeness (QED) is 0.293. The minimum atomic E-state index is -3.04. The van der Waals surface area contributed by atoms with Crippen molar-refractivity contribution in [3.8, 4) is 11.8 Å². The molecular formula is C29H29F2N5O5. The van der Waals surface area contributed by atoms with Crippen LogP contribution in [0.15, 0.2) is 54.6 Å². The van der Waals surface area contributed by atoms with E-state index >= 15 is 0 Å². The Balaban J connectivity index is 1.42. The molecule has 1 aromatic heterocycles. The van der Waals surface area contributed by atoms with Gasteiger partial charge in [-0.05, 0) is 43.0 Å². The molecule has 0 bridgehead atoms. The number of rotatable bonds is 9. The maximum atomic E-state index is 13.8. The monoisotopic (exact) mass is 565 g/mol. The van der Waals surface area contributed by atoms with E-state index in [1.165, 1.54) is 23.1 Å². The smallest absolute Gasteiger partial charge is 0.387 e. The molecule has 12 heteroatoms. The Kier molecular flexibility index (Phi) is 8.16. The van der Waals surface area contributed by atoms with E-state index in [2.05, 4.69) is 20.4 Å². The van der Waals surface area contributed by atoms with E-state index in [1.54, 1.807) is 12.1 Å². The number of H-pyrrole nitrogens is 1. The summed E-state index contributed by atoms with van der Waals surface area (Å²) in [5.41, 5.74) is 1.44. The Hall–Kier alpha value is -4.50. The predicted octanol–water partition coefficient (Wildman–Crippen LogP) is 2.66. The minimum absolute atomic E-state index is 0.0734. The minimum Gasteiger partial charge on any atom is -0.434 e. The third-order valence-electron chi connectivity index (χ3n) is 7.75. The van der Waals surface area contributed by atoms with Crippen LogP contribution in [-0.4, -0.2) is 70.6 Å². The highest BCUT2D eigenvalue weighted by Gasteiger charge is 2.42. The molecule has 2 saturated heterocycles. The summed E-state index contributed by atoms with van der Waals surface area (Å²) in [6.07, 6.45) is -0.680. The maximum Gasteiger partial charge on any atom is 0.387 e. The van der Waals surface area contributed by atoms with Crippen LogP contribution in [0.5, 0.6) is 5.75 Å². The van der Waals surface area contributed by atoms with Crippen molar-refractivity contribution >= 4 is 28.6 Å². The number of aromatic nitrogens is 1. The molecule has 3 amide bonds. The van der Waals surface area contributed by atoms with Crippen molar-refractivity contribution in [2.45, 2.75) is 50.0 Å². The highest BCUT2D eigenvalue weighted by molar-refractivity contribution is 6.02. The number of hydrogen-bond acceptors (Lipinski definition) is 6. The van der Waals surface area contributed by atoms with Gasteiger partial charge in [-0.1, -0.05) is 36.4 Å². The van der Waals surface area contributed by atoms with E-state index in [0.717, 1.165) is 5.56 Å². The summed E-state index contributed by atoms with van der Waals surface area (Å²) in [5, 5.41) is 25.4. The number of alkyl halides is 2. The average molecular weight is 566 g/mol. The van der Waals surface area contributed by atoms with Crippen LogP contribution >= 0.6 is 0 Å². The molecule has 2 aromatic carbocycles. The SMILES string of the molecule is N#CC(O)[C@H](C[C@@H]1CCNC1=O)NC(=O)[C@@H]1C[C@@H](c2ccccc2)CN1C(=O)c1cc2c(OC(F)F)cccc2[nH]1. The maximum absolute atomic E-state index is 13.8. The Morgan fingerprint density at radius 1 is 1.20 bits per heavy atom. The van der Waals surface area contributed by atoms with Crippen molar-refractivity contribution in [1.29, 1.82) is 5.26 Å². The van der Waals surface area contributed by atoms with Crippen LogP contribution in [0.3, 0.4) is 0 Å². The van der Waals surface area contributed by atoms with Gasteiger partial charge in [-0.25, -0.2) is 0 Å². The number of aliphatic hydroxyl groups excluding tert-OH is 1. The fraction of sp³-hybridized carbons (Fsp3) is 0.379. The third kappa shape index (κ3) is 6.00. The number of ether oxygens (including phenoxy) is 1. The molecule has 4 N–H and O–H groups in total. The zero-order chi connectivity index (χ0) is 29.1. The zero-order valence-corrected chi connectivity index (χ0v) is 21.9. The van der Waals surface area contributed by atoms with Crippen LogP contribution in [0.4, 0.5) is 8.78 Å². The largest absolute Gasteiger partial charge is 0.434 e. The van der Waals surface area contributed by atoms with Crippen LogP contribution in [0.2, 0.25) is 0 Å². The molecule has 214 valence electrons. The third-order valence-corrected chi connectivity index (χ3v) is 7.75. The fourth-order valence-corrected chi connectivity index (χ4v) is 5.68.